The van der Waals surface area contributed by atoms with Crippen LogP contribution in [0.25, 0.3) is 5.76 Å². The molecular formula is C26H17N3O5S. The van der Waals surface area contributed by atoms with Crippen molar-refractivity contribution in [2.75, 3.05) is 4.90 Å². The number of para-hydroxylation sites is 2. The third-order valence-corrected chi connectivity index (χ3v) is 7.81. The van der Waals surface area contributed by atoms with E-state index in [1.165, 1.54) is 11.0 Å². The first-order valence-corrected chi connectivity index (χ1v) is 12.1. The Balaban J connectivity index is 1.70. The Kier molecular flexibility index (Phi) is 4.34. The zero-order chi connectivity index (χ0) is 24.4. The van der Waals surface area contributed by atoms with Gasteiger partial charge in [0.25, 0.3) is 0 Å². The molecule has 8 nitrogen and oxygen atoms in total. The predicted octanol–water partition coefficient (Wildman–Crippen LogP) is 3.29. The van der Waals surface area contributed by atoms with Crippen LogP contribution in [0.3, 0.4) is 0 Å². The van der Waals surface area contributed by atoms with Gasteiger partial charge in [-0.3, -0.25) is 4.79 Å². The molecule has 6 rings (SSSR count). The van der Waals surface area contributed by atoms with Gasteiger partial charge in [0.15, 0.2) is 21.8 Å². The van der Waals surface area contributed by atoms with Crippen LogP contribution in [0.1, 0.15) is 16.7 Å². The first kappa shape index (κ1) is 21.0. The van der Waals surface area contributed by atoms with Crippen LogP contribution >= 0.6 is 0 Å². The Morgan fingerprint density at radius 1 is 0.971 bits per heavy atom. The zero-order valence-electron chi connectivity index (χ0n) is 18.1. The number of benzene rings is 3. The van der Waals surface area contributed by atoms with Crippen molar-refractivity contribution in [1.29, 1.82) is 5.26 Å². The molecule has 3 heterocycles. The number of hydrogen-bond acceptors (Lipinski definition) is 7. The fourth-order valence-corrected chi connectivity index (χ4v) is 6.54. The van der Waals surface area contributed by atoms with Crippen LogP contribution in [-0.4, -0.2) is 14.3 Å². The molecule has 0 fully saturated rings. The summed E-state index contributed by atoms with van der Waals surface area (Å²) in [6.45, 7) is 0.165. The van der Waals surface area contributed by atoms with Crippen molar-refractivity contribution in [3.05, 3.63) is 112 Å². The summed E-state index contributed by atoms with van der Waals surface area (Å²) in [7, 11) is -4.56. The molecule has 1 atom stereocenters. The van der Waals surface area contributed by atoms with Crippen LogP contribution in [-0.2, 0) is 31.6 Å². The van der Waals surface area contributed by atoms with Gasteiger partial charge < -0.3 is 19.6 Å². The molecule has 0 saturated carbocycles. The Labute approximate surface area is 201 Å². The Bertz CT molecular complexity index is 1640. The summed E-state index contributed by atoms with van der Waals surface area (Å²) in [5.74, 6) is -1.02. The maximum Gasteiger partial charge on any atom is 0.340 e. The zero-order valence-corrected chi connectivity index (χ0v) is 19.0. The minimum atomic E-state index is -4.56. The number of carbonyl (C=O) groups excluding carboxylic acids is 1. The fourth-order valence-electron chi connectivity index (χ4n) is 5.02. The summed E-state index contributed by atoms with van der Waals surface area (Å²) in [6, 6.07) is 24.4. The third-order valence-electron chi connectivity index (χ3n) is 6.42. The number of amides is 1. The molecule has 1 spiro atoms. The van der Waals surface area contributed by atoms with Crippen molar-refractivity contribution in [1.82, 2.24) is 0 Å². The standard InChI is InChI=1S/C26H17N3O5S/c27-14-19-24(28)33-22-17-10-4-7-13-21(17)34-35(31,32)23(22)26(19)18-11-5-6-12-20(18)29(25(26)30)15-16-8-2-1-3-9-16/h1-13H,15,28H2. The summed E-state index contributed by atoms with van der Waals surface area (Å²) >= 11 is 0. The molecule has 0 saturated heterocycles. The average molecular weight is 484 g/mol. The van der Waals surface area contributed by atoms with E-state index in [1.54, 1.807) is 42.5 Å². The summed E-state index contributed by atoms with van der Waals surface area (Å²) in [5.41, 5.74) is 5.81. The van der Waals surface area contributed by atoms with E-state index in [1.807, 2.05) is 36.4 Å². The number of rotatable bonds is 2. The summed E-state index contributed by atoms with van der Waals surface area (Å²) in [4.78, 5) is 15.4. The summed E-state index contributed by atoms with van der Waals surface area (Å²) in [5, 5.41) is 10.2. The summed E-state index contributed by atoms with van der Waals surface area (Å²) in [6.07, 6.45) is 0. The van der Waals surface area contributed by atoms with Crippen molar-refractivity contribution in [3.8, 4) is 11.8 Å². The van der Waals surface area contributed by atoms with Gasteiger partial charge in [-0.1, -0.05) is 60.7 Å². The van der Waals surface area contributed by atoms with Gasteiger partial charge in [-0.25, -0.2) is 0 Å². The highest BCUT2D eigenvalue weighted by molar-refractivity contribution is 7.91. The molecule has 172 valence electrons. The van der Waals surface area contributed by atoms with Crippen LogP contribution < -0.4 is 14.8 Å². The van der Waals surface area contributed by atoms with Crippen molar-refractivity contribution in [2.45, 2.75) is 12.0 Å². The van der Waals surface area contributed by atoms with Gasteiger partial charge in [0.1, 0.15) is 11.6 Å². The van der Waals surface area contributed by atoms with Crippen molar-refractivity contribution < 1.29 is 22.1 Å². The molecule has 1 unspecified atom stereocenters. The van der Waals surface area contributed by atoms with Gasteiger partial charge >= 0.3 is 10.1 Å². The van der Waals surface area contributed by atoms with Crippen LogP contribution in [0.15, 0.2) is 95.2 Å². The number of hydrogen-bond donors (Lipinski definition) is 1. The van der Waals surface area contributed by atoms with E-state index in [0.29, 0.717) is 16.8 Å². The molecule has 0 radical (unpaired) electrons. The van der Waals surface area contributed by atoms with Gasteiger partial charge in [0.2, 0.25) is 11.8 Å². The van der Waals surface area contributed by atoms with Gasteiger partial charge in [-0.15, -0.1) is 0 Å². The first-order chi connectivity index (χ1) is 16.9. The topological polar surface area (TPSA) is 123 Å². The Morgan fingerprint density at radius 2 is 1.66 bits per heavy atom. The lowest BCUT2D eigenvalue weighted by Gasteiger charge is -2.37. The highest BCUT2D eigenvalue weighted by Crippen LogP contribution is 2.58. The molecule has 3 aromatic carbocycles. The second-order valence-corrected chi connectivity index (χ2v) is 9.77. The van der Waals surface area contributed by atoms with Crippen LogP contribution in [0, 0.1) is 11.3 Å². The lowest BCUT2D eigenvalue weighted by atomic mass is 9.73. The van der Waals surface area contributed by atoms with E-state index < -0.39 is 26.3 Å². The van der Waals surface area contributed by atoms with Crippen molar-refractivity contribution >= 4 is 27.5 Å². The smallest absolute Gasteiger partial charge is 0.340 e. The SMILES string of the molecule is N#CC1=C(N)OC2=C(C13C(=O)N(Cc1ccccc1)c1ccccc13)S(=O)(=O)Oc1ccccc12. The number of ether oxygens (including phenoxy) is 1. The molecule has 0 aromatic heterocycles. The van der Waals surface area contributed by atoms with E-state index in [0.717, 1.165) is 5.56 Å². The molecule has 35 heavy (non-hydrogen) atoms. The first-order valence-electron chi connectivity index (χ1n) is 10.7. The molecular weight excluding hydrogens is 466 g/mol. The molecule has 0 bridgehead atoms. The highest BCUT2D eigenvalue weighted by atomic mass is 32.2. The second-order valence-electron chi connectivity index (χ2n) is 8.29. The van der Waals surface area contributed by atoms with E-state index >= 15 is 0 Å². The van der Waals surface area contributed by atoms with E-state index in [4.69, 9.17) is 14.7 Å². The van der Waals surface area contributed by atoms with E-state index in [-0.39, 0.29) is 29.5 Å². The third kappa shape index (κ3) is 2.71. The molecule has 1 amide bonds. The number of carbonyl (C=O) groups is 1. The average Bonchev–Trinajstić information content (AvgIpc) is 3.08. The maximum atomic E-state index is 14.4. The molecule has 0 aliphatic carbocycles. The number of fused-ring (bicyclic) bond motifs is 5. The van der Waals surface area contributed by atoms with Gasteiger partial charge in [-0.05, 0) is 23.8 Å². The maximum absolute atomic E-state index is 14.4. The minimum Gasteiger partial charge on any atom is -0.438 e. The molecule has 3 aromatic rings. The molecule has 3 aliphatic rings. The van der Waals surface area contributed by atoms with Gasteiger partial charge in [-0.2, -0.15) is 13.7 Å². The minimum absolute atomic E-state index is 0.0504. The lowest BCUT2D eigenvalue weighted by Crippen LogP contribution is -2.49. The quantitative estimate of drug-likeness (QED) is 0.555. The van der Waals surface area contributed by atoms with Crippen LogP contribution in [0.5, 0.6) is 5.75 Å². The number of anilines is 1. The molecule has 3 aliphatic heterocycles. The van der Waals surface area contributed by atoms with E-state index in [2.05, 4.69) is 0 Å². The normalized spacial score (nSPS) is 21.6. The molecule has 2 N–H and O–H groups in total. The van der Waals surface area contributed by atoms with Gasteiger partial charge in [0.05, 0.1) is 12.1 Å². The Hall–Kier alpha value is -4.55. The Morgan fingerprint density at radius 3 is 2.43 bits per heavy atom. The van der Waals surface area contributed by atoms with E-state index in [9.17, 15) is 18.5 Å². The van der Waals surface area contributed by atoms with Crippen molar-refractivity contribution in [3.63, 3.8) is 0 Å². The number of nitriles is 1. The highest BCUT2D eigenvalue weighted by Gasteiger charge is 2.65. The predicted molar refractivity (Wildman–Crippen MR) is 127 cm³/mol. The number of nitrogens with zero attached hydrogens (tertiary/aromatic N) is 2. The largest absolute Gasteiger partial charge is 0.438 e. The second kappa shape index (κ2) is 7.22. The van der Waals surface area contributed by atoms with Crippen molar-refractivity contribution in [2.24, 2.45) is 5.73 Å². The lowest BCUT2D eigenvalue weighted by molar-refractivity contribution is -0.121. The summed E-state index contributed by atoms with van der Waals surface area (Å²) < 4.78 is 38.4. The van der Waals surface area contributed by atoms with Gasteiger partial charge in [0, 0.05) is 11.3 Å². The number of nitrogens with two attached hydrogens (primary N) is 1. The molecule has 9 heteroatoms. The fraction of sp³-hybridized carbons (Fsp3) is 0.0769. The van der Waals surface area contributed by atoms with Crippen LogP contribution in [0.2, 0.25) is 0 Å². The van der Waals surface area contributed by atoms with Crippen LogP contribution in [0.4, 0.5) is 5.69 Å². The monoisotopic (exact) mass is 483 g/mol.